The molecular formula is C21H16FN3O4. The smallest absolute Gasteiger partial charge is 0.323 e. The highest BCUT2D eigenvalue weighted by Crippen LogP contribution is 2.31. The molecule has 0 unspecified atom stereocenters. The normalized spacial score (nSPS) is 18.1. The van der Waals surface area contributed by atoms with Crippen molar-refractivity contribution in [1.29, 1.82) is 0 Å². The van der Waals surface area contributed by atoms with Gasteiger partial charge in [0, 0.05) is 22.5 Å². The zero-order valence-corrected chi connectivity index (χ0v) is 15.3. The molecule has 4 rings (SSSR count). The standard InChI is InChI=1S/C21H16FN3O4/c1-29-16-7-4-14-11-25(18(26)17(14)10-16)12-21(19(27)23-20(28)24-21)9-8-13-2-5-15(22)6-3-13/h2-7,10-11,26H,12H2,1H3,(H2,23,24,27,28)/t21-/m1/s1. The van der Waals surface area contributed by atoms with Gasteiger partial charge in [0.2, 0.25) is 5.54 Å². The summed E-state index contributed by atoms with van der Waals surface area (Å²) >= 11 is 0. The monoisotopic (exact) mass is 393 g/mol. The number of methoxy groups -OCH3 is 1. The third kappa shape index (κ3) is 3.34. The van der Waals surface area contributed by atoms with E-state index in [1.54, 1.807) is 24.4 Å². The molecule has 0 bridgehead atoms. The van der Waals surface area contributed by atoms with Gasteiger partial charge in [0.15, 0.2) is 5.88 Å². The van der Waals surface area contributed by atoms with Crippen LogP contribution in [0.2, 0.25) is 0 Å². The molecule has 1 saturated heterocycles. The summed E-state index contributed by atoms with van der Waals surface area (Å²) in [6, 6.07) is 9.96. The quantitative estimate of drug-likeness (QED) is 0.470. The average Bonchev–Trinajstić information content (AvgIpc) is 3.16. The molecule has 0 aliphatic carbocycles. The molecule has 0 spiro atoms. The number of urea groups is 1. The summed E-state index contributed by atoms with van der Waals surface area (Å²) in [4.78, 5) is 24.3. The van der Waals surface area contributed by atoms with Gasteiger partial charge in [0.25, 0.3) is 5.91 Å². The van der Waals surface area contributed by atoms with Crippen molar-refractivity contribution in [1.82, 2.24) is 15.2 Å². The van der Waals surface area contributed by atoms with Gasteiger partial charge < -0.3 is 19.7 Å². The first kappa shape index (κ1) is 18.4. The number of nitrogens with one attached hydrogen (secondary N) is 2. The van der Waals surface area contributed by atoms with Crippen molar-refractivity contribution in [3.05, 3.63) is 60.0 Å². The van der Waals surface area contributed by atoms with E-state index in [-0.39, 0.29) is 12.4 Å². The zero-order chi connectivity index (χ0) is 20.6. The van der Waals surface area contributed by atoms with Crippen molar-refractivity contribution in [3.8, 4) is 23.5 Å². The summed E-state index contributed by atoms with van der Waals surface area (Å²) in [6.45, 7) is -0.123. The minimum Gasteiger partial charge on any atom is -0.497 e. The lowest BCUT2D eigenvalue weighted by molar-refractivity contribution is -0.122. The molecule has 3 N–H and O–H groups in total. The molecule has 29 heavy (non-hydrogen) atoms. The van der Waals surface area contributed by atoms with Crippen LogP contribution in [0.1, 0.15) is 5.56 Å². The molecule has 1 atom stereocenters. The first-order valence-corrected chi connectivity index (χ1v) is 8.68. The first-order valence-electron chi connectivity index (χ1n) is 8.68. The molecule has 0 radical (unpaired) electrons. The number of ether oxygens (including phenoxy) is 1. The number of carbonyl (C=O) groups is 2. The lowest BCUT2D eigenvalue weighted by Crippen LogP contribution is -2.49. The van der Waals surface area contributed by atoms with E-state index in [0.717, 1.165) is 5.39 Å². The maximum Gasteiger partial charge on any atom is 0.323 e. The number of carbonyl (C=O) groups excluding carboxylic acids is 2. The number of aromatic hydroxyl groups is 1. The van der Waals surface area contributed by atoms with Crippen LogP contribution in [0.4, 0.5) is 9.18 Å². The Morgan fingerprint density at radius 2 is 1.97 bits per heavy atom. The maximum absolute atomic E-state index is 13.1. The largest absolute Gasteiger partial charge is 0.497 e. The van der Waals surface area contributed by atoms with Gasteiger partial charge in [-0.1, -0.05) is 11.8 Å². The molecule has 1 aliphatic heterocycles. The summed E-state index contributed by atoms with van der Waals surface area (Å²) in [5.41, 5.74) is -1.12. The summed E-state index contributed by atoms with van der Waals surface area (Å²) in [5.74, 6) is 5.02. The molecule has 146 valence electrons. The zero-order valence-electron chi connectivity index (χ0n) is 15.3. The number of hydrogen-bond acceptors (Lipinski definition) is 4. The number of hydrogen-bond donors (Lipinski definition) is 3. The Bertz CT molecular complexity index is 1190. The number of amides is 3. The van der Waals surface area contributed by atoms with Crippen LogP contribution >= 0.6 is 0 Å². The third-order valence-electron chi connectivity index (χ3n) is 4.68. The summed E-state index contributed by atoms with van der Waals surface area (Å²) in [6.07, 6.45) is 1.66. The minimum absolute atomic E-state index is 0.0872. The Kier molecular flexibility index (Phi) is 4.35. The molecule has 1 fully saturated rings. The van der Waals surface area contributed by atoms with Crippen molar-refractivity contribution in [2.45, 2.75) is 12.1 Å². The molecule has 3 aromatic rings. The van der Waals surface area contributed by atoms with E-state index in [9.17, 15) is 19.1 Å². The molecule has 2 aromatic carbocycles. The van der Waals surface area contributed by atoms with Gasteiger partial charge in [0.05, 0.1) is 13.7 Å². The highest BCUT2D eigenvalue weighted by Gasteiger charge is 2.46. The van der Waals surface area contributed by atoms with E-state index in [0.29, 0.717) is 16.7 Å². The number of imide groups is 1. The fourth-order valence-electron chi connectivity index (χ4n) is 3.17. The molecule has 1 aromatic heterocycles. The number of rotatable bonds is 3. The van der Waals surface area contributed by atoms with Crippen LogP contribution in [0.5, 0.6) is 11.6 Å². The van der Waals surface area contributed by atoms with E-state index >= 15 is 0 Å². The van der Waals surface area contributed by atoms with Crippen LogP contribution in [0, 0.1) is 17.7 Å². The Hall–Kier alpha value is -3.99. The van der Waals surface area contributed by atoms with Gasteiger partial charge in [-0.2, -0.15) is 0 Å². The van der Waals surface area contributed by atoms with Crippen LogP contribution in [0.15, 0.2) is 48.7 Å². The van der Waals surface area contributed by atoms with Gasteiger partial charge >= 0.3 is 6.03 Å². The minimum atomic E-state index is -1.60. The number of benzene rings is 2. The maximum atomic E-state index is 13.1. The fourth-order valence-corrected chi connectivity index (χ4v) is 3.17. The predicted molar refractivity (Wildman–Crippen MR) is 103 cm³/mol. The summed E-state index contributed by atoms with van der Waals surface area (Å²) in [5, 5.41) is 16.6. The number of nitrogens with zero attached hydrogens (tertiary/aromatic N) is 1. The lowest BCUT2D eigenvalue weighted by Gasteiger charge is -2.20. The molecule has 2 heterocycles. The molecule has 8 heteroatoms. The van der Waals surface area contributed by atoms with Gasteiger partial charge in [-0.15, -0.1) is 0 Å². The van der Waals surface area contributed by atoms with Gasteiger partial charge in [-0.05, 0) is 42.5 Å². The third-order valence-corrected chi connectivity index (χ3v) is 4.68. The van der Waals surface area contributed by atoms with Crippen molar-refractivity contribution < 1.29 is 23.8 Å². The second-order valence-corrected chi connectivity index (χ2v) is 6.60. The van der Waals surface area contributed by atoms with Crippen molar-refractivity contribution in [3.63, 3.8) is 0 Å². The van der Waals surface area contributed by atoms with E-state index in [1.165, 1.54) is 35.9 Å². The molecular weight excluding hydrogens is 377 g/mol. The van der Waals surface area contributed by atoms with Crippen LogP contribution in [0.25, 0.3) is 10.8 Å². The van der Waals surface area contributed by atoms with Crippen LogP contribution < -0.4 is 15.4 Å². The highest BCUT2D eigenvalue weighted by molar-refractivity contribution is 6.09. The second kappa shape index (κ2) is 6.87. The lowest BCUT2D eigenvalue weighted by atomic mass is 10.00. The SMILES string of the molecule is COc1ccc2cn(C[C@@]3(C#Cc4ccc(F)cc4)NC(=O)NC3=O)c(O)c2c1. The van der Waals surface area contributed by atoms with Gasteiger partial charge in [0.1, 0.15) is 11.6 Å². The van der Waals surface area contributed by atoms with Gasteiger partial charge in [-0.3, -0.25) is 10.1 Å². The van der Waals surface area contributed by atoms with E-state index < -0.39 is 23.3 Å². The van der Waals surface area contributed by atoms with Crippen LogP contribution in [-0.4, -0.2) is 34.3 Å². The van der Waals surface area contributed by atoms with Crippen molar-refractivity contribution >= 4 is 22.7 Å². The molecule has 7 nitrogen and oxygen atoms in total. The average molecular weight is 393 g/mol. The van der Waals surface area contributed by atoms with E-state index in [4.69, 9.17) is 4.74 Å². The molecule has 3 amide bonds. The fraction of sp³-hybridized carbons (Fsp3) is 0.143. The van der Waals surface area contributed by atoms with Crippen LogP contribution in [-0.2, 0) is 11.3 Å². The molecule has 0 saturated carbocycles. The number of aromatic nitrogens is 1. The number of halogens is 1. The Balaban J connectivity index is 1.75. The predicted octanol–water partition coefficient (Wildman–Crippen LogP) is 2.12. The van der Waals surface area contributed by atoms with Crippen LogP contribution in [0.3, 0.4) is 0 Å². The van der Waals surface area contributed by atoms with E-state index in [1.807, 2.05) is 0 Å². The van der Waals surface area contributed by atoms with Crippen molar-refractivity contribution in [2.24, 2.45) is 0 Å². The number of fused-ring (bicyclic) bond motifs is 1. The Morgan fingerprint density at radius 3 is 2.62 bits per heavy atom. The second-order valence-electron chi connectivity index (χ2n) is 6.60. The molecule has 1 aliphatic rings. The van der Waals surface area contributed by atoms with Crippen molar-refractivity contribution in [2.75, 3.05) is 7.11 Å². The Labute approximate surface area is 165 Å². The highest BCUT2D eigenvalue weighted by atomic mass is 19.1. The topological polar surface area (TPSA) is 92.6 Å². The summed E-state index contributed by atoms with van der Waals surface area (Å²) in [7, 11) is 1.52. The first-order chi connectivity index (χ1) is 13.9. The summed E-state index contributed by atoms with van der Waals surface area (Å²) < 4.78 is 19.7. The Morgan fingerprint density at radius 1 is 1.21 bits per heavy atom. The van der Waals surface area contributed by atoms with E-state index in [2.05, 4.69) is 22.5 Å². The van der Waals surface area contributed by atoms with Gasteiger partial charge in [-0.25, -0.2) is 9.18 Å².